The predicted octanol–water partition coefficient (Wildman–Crippen LogP) is 3.97. The second kappa shape index (κ2) is 13.4. The van der Waals surface area contributed by atoms with Crippen LogP contribution in [0.1, 0.15) is 83.3 Å². The second-order valence-electron chi connectivity index (χ2n) is 11.8. The minimum atomic E-state index is -0.612. The van der Waals surface area contributed by atoms with Crippen LogP contribution < -0.4 is 16.0 Å². The van der Waals surface area contributed by atoms with Crippen molar-refractivity contribution in [2.45, 2.75) is 77.4 Å². The van der Waals surface area contributed by atoms with Crippen molar-refractivity contribution < 1.29 is 19.2 Å². The van der Waals surface area contributed by atoms with Crippen molar-refractivity contribution in [1.82, 2.24) is 20.0 Å². The maximum Gasteiger partial charge on any atom is 0.255 e. The molecule has 10 heteroatoms. The number of primary amides is 1. The summed E-state index contributed by atoms with van der Waals surface area (Å²) in [6, 6.07) is 10.8. The number of aromatic nitrogens is 2. The van der Waals surface area contributed by atoms with E-state index in [-0.39, 0.29) is 18.2 Å². The summed E-state index contributed by atoms with van der Waals surface area (Å²) >= 11 is 0. The Morgan fingerprint density at radius 3 is 2.65 bits per heavy atom. The summed E-state index contributed by atoms with van der Waals surface area (Å²) < 4.78 is 2.00. The van der Waals surface area contributed by atoms with Gasteiger partial charge in [0.15, 0.2) is 0 Å². The average Bonchev–Trinajstić information content (AvgIpc) is 3.53. The van der Waals surface area contributed by atoms with Gasteiger partial charge in [-0.3, -0.25) is 19.1 Å². The van der Waals surface area contributed by atoms with E-state index in [0.29, 0.717) is 30.0 Å². The van der Waals surface area contributed by atoms with Crippen molar-refractivity contribution in [3.05, 3.63) is 58.8 Å². The first-order valence-corrected chi connectivity index (χ1v) is 15.4. The molecule has 3 aromatic rings. The number of amides is 3. The number of aldehydes is 1. The standard InChI is InChI=1S/C33H42N6O4/c1-22-26-12-10-24(32(34)42)19-30(26)39(36-22)16-5-3-4-7-23-14-17-37(18-15-23)29-9-6-8-27-28(29)20-38(33(27)43)25(21-40)11-13-31(41)35-2/h6,8-10,12,19,21,23,25H,3-5,7,11,13-18,20H2,1-2H3,(H2,34,42)(H,35,41). The van der Waals surface area contributed by atoms with Gasteiger partial charge in [0.05, 0.1) is 17.3 Å². The summed E-state index contributed by atoms with van der Waals surface area (Å²) in [5.74, 6) is -0.0126. The van der Waals surface area contributed by atoms with Crippen LogP contribution in [0.25, 0.3) is 10.9 Å². The lowest BCUT2D eigenvalue weighted by atomic mass is 9.90. The van der Waals surface area contributed by atoms with E-state index < -0.39 is 11.9 Å². The Morgan fingerprint density at radius 1 is 1.14 bits per heavy atom. The number of nitrogens with one attached hydrogen (secondary N) is 1. The molecule has 0 radical (unpaired) electrons. The number of nitrogens with two attached hydrogens (primary N) is 1. The summed E-state index contributed by atoms with van der Waals surface area (Å²) in [5.41, 5.74) is 10.6. The summed E-state index contributed by atoms with van der Waals surface area (Å²) in [4.78, 5) is 52.4. The highest BCUT2D eigenvalue weighted by Gasteiger charge is 2.35. The molecule has 3 heterocycles. The Labute approximate surface area is 252 Å². The highest BCUT2D eigenvalue weighted by molar-refractivity contribution is 6.01. The van der Waals surface area contributed by atoms with E-state index >= 15 is 0 Å². The van der Waals surface area contributed by atoms with Gasteiger partial charge in [-0.1, -0.05) is 31.4 Å². The van der Waals surface area contributed by atoms with Crippen LogP contribution in [0.15, 0.2) is 36.4 Å². The molecule has 0 aliphatic carbocycles. The van der Waals surface area contributed by atoms with Crippen LogP contribution >= 0.6 is 0 Å². The van der Waals surface area contributed by atoms with Crippen LogP contribution in [-0.2, 0) is 22.7 Å². The fourth-order valence-electron chi connectivity index (χ4n) is 6.60. The molecule has 2 aliphatic heterocycles. The fourth-order valence-corrected chi connectivity index (χ4v) is 6.60. The number of anilines is 1. The average molecular weight is 587 g/mol. The van der Waals surface area contributed by atoms with Gasteiger partial charge < -0.3 is 25.6 Å². The van der Waals surface area contributed by atoms with Crippen molar-refractivity contribution in [3.63, 3.8) is 0 Å². The quantitative estimate of drug-likeness (QED) is 0.230. The van der Waals surface area contributed by atoms with E-state index in [0.717, 1.165) is 79.5 Å². The number of aryl methyl sites for hydroxylation is 2. The van der Waals surface area contributed by atoms with E-state index in [2.05, 4.69) is 21.4 Å². The lowest BCUT2D eigenvalue weighted by Crippen LogP contribution is -2.38. The van der Waals surface area contributed by atoms with Crippen LogP contribution in [-0.4, -0.2) is 64.9 Å². The third-order valence-electron chi connectivity index (χ3n) is 9.13. The molecule has 3 amide bonds. The monoisotopic (exact) mass is 586 g/mol. The van der Waals surface area contributed by atoms with Gasteiger partial charge in [0.25, 0.3) is 5.91 Å². The molecule has 1 aromatic heterocycles. The Bertz CT molecular complexity index is 1510. The fraction of sp³-hybridized carbons (Fsp3) is 0.485. The second-order valence-corrected chi connectivity index (χ2v) is 11.8. The number of unbranched alkanes of at least 4 members (excludes halogenated alkanes) is 2. The van der Waals surface area contributed by atoms with Gasteiger partial charge in [-0.05, 0) is 62.8 Å². The zero-order valence-corrected chi connectivity index (χ0v) is 25.2. The molecule has 0 spiro atoms. The van der Waals surface area contributed by atoms with E-state index in [4.69, 9.17) is 5.73 Å². The Kier molecular flexibility index (Phi) is 9.43. The van der Waals surface area contributed by atoms with E-state index in [1.807, 2.05) is 35.9 Å². The van der Waals surface area contributed by atoms with Crippen LogP contribution in [0, 0.1) is 12.8 Å². The number of benzene rings is 2. The third-order valence-corrected chi connectivity index (χ3v) is 9.13. The third kappa shape index (κ3) is 6.58. The number of hydrogen-bond donors (Lipinski definition) is 2. The van der Waals surface area contributed by atoms with Crippen molar-refractivity contribution in [3.8, 4) is 0 Å². The summed E-state index contributed by atoms with van der Waals surface area (Å²) in [6.45, 7) is 5.10. The van der Waals surface area contributed by atoms with Gasteiger partial charge in [0, 0.05) is 67.4 Å². The summed E-state index contributed by atoms with van der Waals surface area (Å²) in [5, 5.41) is 8.32. The molecule has 1 unspecified atom stereocenters. The van der Waals surface area contributed by atoms with E-state index in [1.54, 1.807) is 18.0 Å². The van der Waals surface area contributed by atoms with Gasteiger partial charge in [-0.2, -0.15) is 5.10 Å². The number of nitrogens with zero attached hydrogens (tertiary/aromatic N) is 4. The molecule has 1 saturated heterocycles. The Hall–Kier alpha value is -4.21. The first-order chi connectivity index (χ1) is 20.8. The van der Waals surface area contributed by atoms with Gasteiger partial charge in [0.2, 0.25) is 11.8 Å². The molecule has 0 saturated carbocycles. The minimum absolute atomic E-state index is 0.132. The van der Waals surface area contributed by atoms with Crippen molar-refractivity contribution in [2.75, 3.05) is 25.0 Å². The number of fused-ring (bicyclic) bond motifs is 2. The molecule has 3 N–H and O–H groups in total. The smallest absolute Gasteiger partial charge is 0.255 e. The zero-order chi connectivity index (χ0) is 30.5. The highest BCUT2D eigenvalue weighted by Crippen LogP contribution is 2.36. The molecular weight excluding hydrogens is 544 g/mol. The number of rotatable bonds is 13. The van der Waals surface area contributed by atoms with Gasteiger partial charge in [0.1, 0.15) is 6.29 Å². The SMILES string of the molecule is CNC(=O)CCC(C=O)N1Cc2c(cccc2N2CCC(CCCCCn3nc(C)c4ccc(C(N)=O)cc43)CC2)C1=O. The maximum atomic E-state index is 13.2. The summed E-state index contributed by atoms with van der Waals surface area (Å²) in [7, 11) is 1.57. The molecule has 2 aliphatic rings. The van der Waals surface area contributed by atoms with Crippen LogP contribution in [0.3, 0.4) is 0 Å². The topological polar surface area (TPSA) is 131 Å². The van der Waals surface area contributed by atoms with Crippen LogP contribution in [0.5, 0.6) is 0 Å². The first-order valence-electron chi connectivity index (χ1n) is 15.4. The van der Waals surface area contributed by atoms with Gasteiger partial charge in [-0.25, -0.2) is 0 Å². The molecule has 10 nitrogen and oxygen atoms in total. The van der Waals surface area contributed by atoms with Crippen molar-refractivity contribution in [2.24, 2.45) is 11.7 Å². The molecule has 43 heavy (non-hydrogen) atoms. The summed E-state index contributed by atoms with van der Waals surface area (Å²) in [6.07, 6.45) is 8.06. The molecule has 0 bridgehead atoms. The number of piperidine rings is 1. The van der Waals surface area contributed by atoms with Crippen LogP contribution in [0.4, 0.5) is 5.69 Å². The van der Waals surface area contributed by atoms with Crippen LogP contribution in [0.2, 0.25) is 0 Å². The van der Waals surface area contributed by atoms with E-state index in [9.17, 15) is 19.2 Å². The molecule has 1 fully saturated rings. The molecule has 2 aromatic carbocycles. The number of hydrogen-bond acceptors (Lipinski definition) is 6. The first kappa shape index (κ1) is 30.3. The number of carbonyl (C=O) groups is 4. The van der Waals surface area contributed by atoms with E-state index in [1.165, 1.54) is 12.8 Å². The Balaban J connectivity index is 1.10. The maximum absolute atomic E-state index is 13.2. The zero-order valence-electron chi connectivity index (χ0n) is 25.2. The molecule has 5 rings (SSSR count). The van der Waals surface area contributed by atoms with Gasteiger partial charge in [-0.15, -0.1) is 0 Å². The minimum Gasteiger partial charge on any atom is -0.371 e. The number of carbonyl (C=O) groups excluding carboxylic acids is 4. The van der Waals surface area contributed by atoms with Crippen molar-refractivity contribution >= 4 is 40.6 Å². The predicted molar refractivity (Wildman–Crippen MR) is 166 cm³/mol. The highest BCUT2D eigenvalue weighted by atomic mass is 16.2. The molecular formula is C33H42N6O4. The lowest BCUT2D eigenvalue weighted by molar-refractivity contribution is -0.121. The lowest BCUT2D eigenvalue weighted by Gasteiger charge is -2.35. The molecule has 1 atom stereocenters. The normalized spacial score (nSPS) is 16.0. The Morgan fingerprint density at radius 2 is 1.93 bits per heavy atom. The molecule has 228 valence electrons. The van der Waals surface area contributed by atoms with Crippen molar-refractivity contribution in [1.29, 1.82) is 0 Å². The largest absolute Gasteiger partial charge is 0.371 e. The van der Waals surface area contributed by atoms with Gasteiger partial charge >= 0.3 is 0 Å².